The summed E-state index contributed by atoms with van der Waals surface area (Å²) >= 11 is 1.00. The van der Waals surface area contributed by atoms with Crippen LogP contribution in [-0.2, 0) is 34.2 Å². The summed E-state index contributed by atoms with van der Waals surface area (Å²) in [4.78, 5) is 109. The van der Waals surface area contributed by atoms with Crippen LogP contribution >= 0.6 is 18.9 Å². The number of amides is 6. The van der Waals surface area contributed by atoms with Gasteiger partial charge in [-0.15, -0.1) is 11.3 Å². The number of thiophene rings is 1. The van der Waals surface area contributed by atoms with E-state index in [9.17, 15) is 51.9 Å². The summed E-state index contributed by atoms with van der Waals surface area (Å²) in [6.45, 7) is 2.88. The van der Waals surface area contributed by atoms with E-state index < -0.39 is 42.7 Å². The number of likely N-dealkylation sites (tertiary alicyclic amines) is 1. The Hall–Kier alpha value is -5.82. The third kappa shape index (κ3) is 8.90. The van der Waals surface area contributed by atoms with Crippen molar-refractivity contribution in [3.05, 3.63) is 88.6 Å². The predicted octanol–water partition coefficient (Wildman–Crippen LogP) is 4.04. The molecule has 4 aromatic rings. The van der Waals surface area contributed by atoms with Gasteiger partial charge in [0.15, 0.2) is 6.61 Å². The normalized spacial score (nSPS) is 23.0. The molecule has 21 heteroatoms. The van der Waals surface area contributed by atoms with Gasteiger partial charge in [0.2, 0.25) is 23.6 Å². The number of benzene rings is 2. The fourth-order valence-electron chi connectivity index (χ4n) is 9.79. The van der Waals surface area contributed by atoms with Crippen molar-refractivity contribution in [2.24, 2.45) is 0 Å². The molecule has 2 aromatic carbocycles. The molecule has 5 aliphatic heterocycles. The molecule has 9 rings (SSSR count). The van der Waals surface area contributed by atoms with Crippen LogP contribution < -0.4 is 20.3 Å². The van der Waals surface area contributed by atoms with Crippen molar-refractivity contribution in [1.82, 2.24) is 30.3 Å². The highest BCUT2D eigenvalue weighted by Gasteiger charge is 2.51. The van der Waals surface area contributed by atoms with Gasteiger partial charge in [-0.25, -0.2) is 0 Å². The van der Waals surface area contributed by atoms with Crippen LogP contribution in [0.1, 0.15) is 83.1 Å². The molecule has 17 nitrogen and oxygen atoms in total. The number of imide groups is 1. The van der Waals surface area contributed by atoms with Gasteiger partial charge in [-0.2, -0.15) is 8.78 Å². The lowest BCUT2D eigenvalue weighted by Crippen LogP contribution is -2.58. The lowest BCUT2D eigenvalue weighted by Gasteiger charge is -2.44. The SMILES string of the molecule is O=C1CCC(c2ccc(OCC(=O)N3CCN(c4ccncc4C4CN(C(=O)[C@@H]5CC[C@@H]6CCC[C@H](NC(=O)c7cc8cc(C(F)(F)P(=O)(O)O)ccc8s7)C(=O)N65)C4)CC3)cc2)C(=O)N1. The number of aromatic nitrogens is 1. The summed E-state index contributed by atoms with van der Waals surface area (Å²) < 4.78 is 46.5. The molecule has 0 saturated carbocycles. The van der Waals surface area contributed by atoms with Crippen molar-refractivity contribution in [3.8, 4) is 5.75 Å². The predicted molar refractivity (Wildman–Crippen MR) is 236 cm³/mol. The van der Waals surface area contributed by atoms with Crippen LogP contribution in [0.15, 0.2) is 67.0 Å². The summed E-state index contributed by atoms with van der Waals surface area (Å²) in [6.07, 6.45) is 7.11. The van der Waals surface area contributed by atoms with Crippen molar-refractivity contribution in [1.29, 1.82) is 0 Å². The molecule has 0 bridgehead atoms. The second-order valence-electron chi connectivity index (χ2n) is 17.5. The number of pyridine rings is 1. The fraction of sp³-hybridized carbons (Fsp3) is 0.444. The summed E-state index contributed by atoms with van der Waals surface area (Å²) in [5.74, 6) is -1.71. The first-order valence-electron chi connectivity index (χ1n) is 22.0. The summed E-state index contributed by atoms with van der Waals surface area (Å²) in [5.41, 5.74) is -2.52. The maximum atomic E-state index is 14.4. The van der Waals surface area contributed by atoms with Crippen LogP contribution in [0.3, 0.4) is 0 Å². The van der Waals surface area contributed by atoms with Crippen LogP contribution in [0.4, 0.5) is 14.5 Å². The van der Waals surface area contributed by atoms with Gasteiger partial charge < -0.3 is 39.4 Å². The average Bonchev–Trinajstić information content (AvgIpc) is 3.88. The standard InChI is InChI=1S/C45H48F2N7O10PS/c46-45(47,65(61,62)63)29-6-12-37-27(20-29)21-38(66-37)42(58)49-34-3-1-2-30-7-11-36(54(30)43(34)59)44(60)53-23-28(24-53)33-22-48-15-14-35(33)51-16-18-52(19-17-51)40(56)25-64-31-8-4-26(5-9-31)32-10-13-39(55)50-41(32)57/h4-6,8-9,12,14-15,20-22,28,30,32,34,36H,1-3,7,10-11,13,16-19,23-25H2,(H,49,58)(H,50,55,57)(H2,61,62,63)/t30-,32?,34-,36-/m0/s1. The monoisotopic (exact) mass is 947 g/mol. The smallest absolute Gasteiger partial charge is 0.399 e. The Morgan fingerprint density at radius 2 is 1.68 bits per heavy atom. The Morgan fingerprint density at radius 3 is 2.41 bits per heavy atom. The van der Waals surface area contributed by atoms with E-state index in [-0.39, 0.29) is 64.8 Å². The fourth-order valence-corrected chi connectivity index (χ4v) is 11.2. The van der Waals surface area contributed by atoms with Gasteiger partial charge in [-0.05, 0) is 85.9 Å². The Bertz CT molecular complexity index is 2630. The number of hydrogen-bond donors (Lipinski definition) is 4. The van der Waals surface area contributed by atoms with E-state index >= 15 is 0 Å². The Labute approximate surface area is 381 Å². The number of rotatable bonds is 11. The molecule has 66 heavy (non-hydrogen) atoms. The number of carbonyl (C=O) groups is 6. The molecule has 2 aromatic heterocycles. The average molecular weight is 948 g/mol. The summed E-state index contributed by atoms with van der Waals surface area (Å²) in [7, 11) is -5.79. The molecular weight excluding hydrogens is 900 g/mol. The van der Waals surface area contributed by atoms with E-state index in [1.165, 1.54) is 12.1 Å². The number of fused-ring (bicyclic) bond motifs is 2. The van der Waals surface area contributed by atoms with E-state index in [1.54, 1.807) is 45.2 Å². The minimum absolute atomic E-state index is 0.0107. The molecule has 0 spiro atoms. The number of nitrogens with one attached hydrogen (secondary N) is 2. The zero-order valence-electron chi connectivity index (χ0n) is 35.6. The molecule has 1 unspecified atom stereocenters. The molecule has 7 heterocycles. The van der Waals surface area contributed by atoms with E-state index in [0.717, 1.165) is 40.3 Å². The molecule has 0 aliphatic carbocycles. The first kappa shape index (κ1) is 45.3. The van der Waals surface area contributed by atoms with Gasteiger partial charge >= 0.3 is 13.3 Å². The number of alkyl halides is 2. The number of piperazine rings is 1. The number of nitrogens with zero attached hydrogens (tertiary/aromatic N) is 5. The summed E-state index contributed by atoms with van der Waals surface area (Å²) in [5, 5.41) is 5.38. The maximum Gasteiger partial charge on any atom is 0.399 e. The quantitative estimate of drug-likeness (QED) is 0.124. The minimum atomic E-state index is -5.79. The van der Waals surface area contributed by atoms with Crippen LogP contribution in [0.5, 0.6) is 5.75 Å². The number of ether oxygens (including phenoxy) is 1. The van der Waals surface area contributed by atoms with Crippen molar-refractivity contribution in [2.75, 3.05) is 50.8 Å². The highest BCUT2D eigenvalue weighted by atomic mass is 32.1. The van der Waals surface area contributed by atoms with Crippen LogP contribution in [0, 0.1) is 0 Å². The maximum absolute atomic E-state index is 14.4. The molecule has 5 aliphatic rings. The first-order valence-corrected chi connectivity index (χ1v) is 24.4. The Morgan fingerprint density at radius 1 is 0.924 bits per heavy atom. The van der Waals surface area contributed by atoms with E-state index in [4.69, 9.17) is 4.74 Å². The van der Waals surface area contributed by atoms with Crippen molar-refractivity contribution in [3.63, 3.8) is 0 Å². The first-order chi connectivity index (χ1) is 31.5. The number of hydrogen-bond acceptors (Lipinski definition) is 11. The number of carbonyl (C=O) groups excluding carboxylic acids is 6. The van der Waals surface area contributed by atoms with Gasteiger partial charge in [0.05, 0.1) is 10.8 Å². The highest BCUT2D eigenvalue weighted by molar-refractivity contribution is 7.52. The molecule has 5 fully saturated rings. The summed E-state index contributed by atoms with van der Waals surface area (Å²) in [6, 6.07) is 11.7. The zero-order valence-corrected chi connectivity index (χ0v) is 37.4. The van der Waals surface area contributed by atoms with Crippen molar-refractivity contribution >= 4 is 70.1 Å². The Balaban J connectivity index is 0.771. The van der Waals surface area contributed by atoms with Gasteiger partial charge in [0.1, 0.15) is 17.8 Å². The molecule has 5 saturated heterocycles. The van der Waals surface area contributed by atoms with E-state index in [0.29, 0.717) is 88.2 Å². The lowest BCUT2D eigenvalue weighted by molar-refractivity contribution is -0.148. The third-order valence-corrected chi connectivity index (χ3v) is 15.6. The molecule has 4 atom stereocenters. The van der Waals surface area contributed by atoms with Gasteiger partial charge in [0, 0.05) is 91.6 Å². The molecule has 348 valence electrons. The largest absolute Gasteiger partial charge is 0.484 e. The van der Waals surface area contributed by atoms with Crippen LogP contribution in [0.25, 0.3) is 10.1 Å². The molecular formula is C45H48F2N7O10PS. The van der Waals surface area contributed by atoms with E-state index in [1.807, 2.05) is 12.3 Å². The van der Waals surface area contributed by atoms with Gasteiger partial charge in [-0.3, -0.25) is 43.6 Å². The Kier molecular flexibility index (Phi) is 12.4. The molecule has 4 N–H and O–H groups in total. The van der Waals surface area contributed by atoms with E-state index in [2.05, 4.69) is 20.5 Å². The topological polar surface area (TPSA) is 219 Å². The highest BCUT2D eigenvalue weighted by Crippen LogP contribution is 2.59. The molecule has 6 amide bonds. The minimum Gasteiger partial charge on any atom is -0.484 e. The second kappa shape index (κ2) is 18.1. The number of anilines is 1. The van der Waals surface area contributed by atoms with Crippen molar-refractivity contribution < 1.29 is 56.6 Å². The second-order valence-corrected chi connectivity index (χ2v) is 20.2. The van der Waals surface area contributed by atoms with Gasteiger partial charge in [-0.1, -0.05) is 18.2 Å². The van der Waals surface area contributed by atoms with Gasteiger partial charge in [0.25, 0.3) is 11.8 Å². The number of halogens is 2. The van der Waals surface area contributed by atoms with Crippen LogP contribution in [0.2, 0.25) is 0 Å². The third-order valence-electron chi connectivity index (χ3n) is 13.4. The van der Waals surface area contributed by atoms with Crippen molar-refractivity contribution in [2.45, 2.75) is 80.6 Å². The van der Waals surface area contributed by atoms with Crippen LogP contribution in [-0.4, -0.2) is 129 Å². The lowest BCUT2D eigenvalue weighted by atomic mass is 9.90. The molecule has 0 radical (unpaired) electrons. The zero-order chi connectivity index (χ0) is 46.5. The number of piperidine rings is 1.